The molecule has 0 aromatic carbocycles. The summed E-state index contributed by atoms with van der Waals surface area (Å²) >= 11 is 0. The van der Waals surface area contributed by atoms with Crippen LogP contribution < -0.4 is 10.6 Å². The number of hydrogen-bond donors (Lipinski definition) is 2. The average molecular weight is 264 g/mol. The Morgan fingerprint density at radius 1 is 1.42 bits per heavy atom. The third-order valence-corrected chi connectivity index (χ3v) is 3.66. The van der Waals surface area contributed by atoms with Crippen LogP contribution in [0.15, 0.2) is 0 Å². The van der Waals surface area contributed by atoms with Gasteiger partial charge in [0.15, 0.2) is 0 Å². The van der Waals surface area contributed by atoms with E-state index in [-0.39, 0.29) is 5.91 Å². The minimum Gasteiger partial charge on any atom is -0.353 e. The van der Waals surface area contributed by atoms with Gasteiger partial charge in [0.2, 0.25) is 5.91 Å². The fourth-order valence-corrected chi connectivity index (χ4v) is 2.19. The molecule has 1 amide bonds. The second-order valence-electron chi connectivity index (χ2n) is 5.40. The Hall–Kier alpha value is -1.36. The predicted molar refractivity (Wildman–Crippen MR) is 74.8 cm³/mol. The van der Waals surface area contributed by atoms with Crippen LogP contribution in [0.4, 0.5) is 0 Å². The summed E-state index contributed by atoms with van der Waals surface area (Å²) in [4.78, 5) is 11.5. The van der Waals surface area contributed by atoms with E-state index in [0.717, 1.165) is 38.0 Å². The number of carbonyl (C=O) groups excluding carboxylic acids is 1. The second kappa shape index (κ2) is 6.19. The van der Waals surface area contributed by atoms with Crippen molar-refractivity contribution in [1.29, 1.82) is 0 Å². The highest BCUT2D eigenvalue weighted by atomic mass is 16.1. The summed E-state index contributed by atoms with van der Waals surface area (Å²) < 4.78 is 1.91. The Bertz CT molecular complexity index is 449. The fourth-order valence-electron chi connectivity index (χ4n) is 2.19. The van der Waals surface area contributed by atoms with Gasteiger partial charge in [-0.25, -0.2) is 0 Å². The number of aromatic nitrogens is 2. The Labute approximate surface area is 114 Å². The van der Waals surface area contributed by atoms with Gasteiger partial charge in [0.25, 0.3) is 0 Å². The molecule has 1 saturated carbocycles. The molecule has 0 aliphatic heterocycles. The summed E-state index contributed by atoms with van der Waals surface area (Å²) in [5.41, 5.74) is 3.56. The molecule has 0 unspecified atom stereocenters. The molecule has 1 aliphatic carbocycles. The Kier molecular flexibility index (Phi) is 4.58. The number of aryl methyl sites for hydroxylation is 2. The first-order chi connectivity index (χ1) is 9.08. The maximum absolute atomic E-state index is 11.5. The van der Waals surface area contributed by atoms with E-state index in [1.807, 2.05) is 18.7 Å². The smallest absolute Gasteiger partial charge is 0.220 e. The van der Waals surface area contributed by atoms with Gasteiger partial charge in [-0.15, -0.1) is 0 Å². The SMILES string of the molecule is Cc1nn(C)c(C)c1CNCCCC(=O)NC1CC1. The van der Waals surface area contributed by atoms with Crippen molar-refractivity contribution in [2.45, 2.75) is 52.1 Å². The molecule has 1 fully saturated rings. The number of carbonyl (C=O) groups is 1. The quantitative estimate of drug-likeness (QED) is 0.727. The molecule has 106 valence electrons. The Morgan fingerprint density at radius 2 is 2.16 bits per heavy atom. The summed E-state index contributed by atoms with van der Waals surface area (Å²) in [6, 6.07) is 0.473. The molecule has 0 bridgehead atoms. The van der Waals surface area contributed by atoms with E-state index >= 15 is 0 Å². The number of amides is 1. The maximum atomic E-state index is 11.5. The average Bonchev–Trinajstić information content (AvgIpc) is 3.12. The van der Waals surface area contributed by atoms with Crippen LogP contribution in [0, 0.1) is 13.8 Å². The van der Waals surface area contributed by atoms with Gasteiger partial charge in [0.1, 0.15) is 0 Å². The van der Waals surface area contributed by atoms with E-state index in [0.29, 0.717) is 12.5 Å². The molecule has 19 heavy (non-hydrogen) atoms. The van der Waals surface area contributed by atoms with Gasteiger partial charge in [-0.2, -0.15) is 5.10 Å². The van der Waals surface area contributed by atoms with Crippen LogP contribution in [0.3, 0.4) is 0 Å². The molecule has 0 atom stereocenters. The molecule has 5 heteroatoms. The highest BCUT2D eigenvalue weighted by Gasteiger charge is 2.22. The van der Waals surface area contributed by atoms with Crippen LogP contribution in [0.5, 0.6) is 0 Å². The van der Waals surface area contributed by atoms with Gasteiger partial charge in [-0.1, -0.05) is 0 Å². The molecule has 0 saturated heterocycles. The number of hydrogen-bond acceptors (Lipinski definition) is 3. The van der Waals surface area contributed by atoms with Crippen molar-refractivity contribution in [3.05, 3.63) is 17.0 Å². The van der Waals surface area contributed by atoms with E-state index in [1.165, 1.54) is 11.3 Å². The first-order valence-corrected chi connectivity index (χ1v) is 7.07. The molecule has 1 aromatic heterocycles. The Morgan fingerprint density at radius 3 is 2.74 bits per heavy atom. The standard InChI is InChI=1S/C14H24N4O/c1-10-13(11(2)18(3)17-10)9-15-8-4-5-14(19)16-12-6-7-12/h12,15H,4-9H2,1-3H3,(H,16,19). The first kappa shape index (κ1) is 14.1. The summed E-state index contributed by atoms with van der Waals surface area (Å²) in [5.74, 6) is 0.193. The second-order valence-corrected chi connectivity index (χ2v) is 5.40. The lowest BCUT2D eigenvalue weighted by atomic mass is 10.2. The lowest BCUT2D eigenvalue weighted by Crippen LogP contribution is -2.26. The van der Waals surface area contributed by atoms with Crippen molar-refractivity contribution < 1.29 is 4.79 Å². The normalized spacial score (nSPS) is 14.7. The van der Waals surface area contributed by atoms with Gasteiger partial charge in [0.05, 0.1) is 5.69 Å². The van der Waals surface area contributed by atoms with Crippen molar-refractivity contribution in [3.8, 4) is 0 Å². The van der Waals surface area contributed by atoms with E-state index in [1.54, 1.807) is 0 Å². The van der Waals surface area contributed by atoms with Crippen molar-refractivity contribution in [1.82, 2.24) is 20.4 Å². The van der Waals surface area contributed by atoms with Gasteiger partial charge < -0.3 is 10.6 Å². The number of nitrogens with zero attached hydrogens (tertiary/aromatic N) is 2. The summed E-state index contributed by atoms with van der Waals surface area (Å²) in [6.07, 6.45) is 3.82. The lowest BCUT2D eigenvalue weighted by Gasteiger charge is -2.06. The summed E-state index contributed by atoms with van der Waals surface area (Å²) in [7, 11) is 1.97. The van der Waals surface area contributed by atoms with Crippen LogP contribution in [0.25, 0.3) is 0 Å². The zero-order valence-electron chi connectivity index (χ0n) is 12.1. The van der Waals surface area contributed by atoms with Gasteiger partial charge in [0, 0.05) is 37.3 Å². The molecular formula is C14H24N4O. The number of nitrogens with one attached hydrogen (secondary N) is 2. The van der Waals surface area contributed by atoms with Crippen LogP contribution in [-0.4, -0.2) is 28.3 Å². The molecule has 1 heterocycles. The van der Waals surface area contributed by atoms with Crippen LogP contribution in [0.1, 0.15) is 42.6 Å². The van der Waals surface area contributed by atoms with E-state index in [9.17, 15) is 4.79 Å². The van der Waals surface area contributed by atoms with Crippen LogP contribution in [-0.2, 0) is 18.4 Å². The highest BCUT2D eigenvalue weighted by Crippen LogP contribution is 2.18. The molecule has 0 spiro atoms. The fraction of sp³-hybridized carbons (Fsp3) is 0.714. The van der Waals surface area contributed by atoms with Crippen molar-refractivity contribution in [2.24, 2.45) is 7.05 Å². The molecule has 0 radical (unpaired) electrons. The van der Waals surface area contributed by atoms with E-state index in [4.69, 9.17) is 0 Å². The minimum atomic E-state index is 0.193. The summed E-state index contributed by atoms with van der Waals surface area (Å²) in [6.45, 7) is 5.81. The highest BCUT2D eigenvalue weighted by molar-refractivity contribution is 5.76. The Balaban J connectivity index is 1.62. The third kappa shape index (κ3) is 4.06. The van der Waals surface area contributed by atoms with Crippen molar-refractivity contribution >= 4 is 5.91 Å². The predicted octanol–water partition coefficient (Wildman–Crippen LogP) is 1.19. The molecule has 1 aliphatic rings. The van der Waals surface area contributed by atoms with Crippen LogP contribution >= 0.6 is 0 Å². The zero-order valence-corrected chi connectivity index (χ0v) is 12.1. The molecular weight excluding hydrogens is 240 g/mol. The van der Waals surface area contributed by atoms with Gasteiger partial charge in [-0.05, 0) is 39.7 Å². The first-order valence-electron chi connectivity index (χ1n) is 7.07. The van der Waals surface area contributed by atoms with E-state index in [2.05, 4.69) is 22.7 Å². The molecule has 5 nitrogen and oxygen atoms in total. The summed E-state index contributed by atoms with van der Waals surface area (Å²) in [5, 5.41) is 10.8. The molecule has 2 rings (SSSR count). The van der Waals surface area contributed by atoms with Crippen molar-refractivity contribution in [2.75, 3.05) is 6.54 Å². The van der Waals surface area contributed by atoms with Crippen molar-refractivity contribution in [3.63, 3.8) is 0 Å². The largest absolute Gasteiger partial charge is 0.353 e. The van der Waals surface area contributed by atoms with E-state index < -0.39 is 0 Å². The minimum absolute atomic E-state index is 0.193. The number of rotatable bonds is 7. The zero-order chi connectivity index (χ0) is 13.8. The van der Waals surface area contributed by atoms with Gasteiger partial charge >= 0.3 is 0 Å². The lowest BCUT2D eigenvalue weighted by molar-refractivity contribution is -0.121. The monoisotopic (exact) mass is 264 g/mol. The molecule has 1 aromatic rings. The third-order valence-electron chi connectivity index (χ3n) is 3.66. The maximum Gasteiger partial charge on any atom is 0.220 e. The topological polar surface area (TPSA) is 59.0 Å². The van der Waals surface area contributed by atoms with Gasteiger partial charge in [-0.3, -0.25) is 9.48 Å². The molecule has 2 N–H and O–H groups in total. The van der Waals surface area contributed by atoms with Crippen LogP contribution in [0.2, 0.25) is 0 Å².